The first-order valence-electron chi connectivity index (χ1n) is 7.77. The Bertz CT molecular complexity index is 742. The summed E-state index contributed by atoms with van der Waals surface area (Å²) in [5.41, 5.74) is 3.05. The Balaban J connectivity index is 1.65. The average Bonchev–Trinajstić information content (AvgIpc) is 3.19. The van der Waals surface area contributed by atoms with E-state index in [1.807, 2.05) is 54.4 Å². The van der Waals surface area contributed by atoms with Crippen LogP contribution in [-0.4, -0.2) is 22.4 Å². The number of nitrogens with one attached hydrogen (secondary N) is 2. The van der Waals surface area contributed by atoms with Crippen LogP contribution in [0.15, 0.2) is 54.2 Å². The van der Waals surface area contributed by atoms with Crippen LogP contribution in [0.3, 0.4) is 0 Å². The molecule has 0 aliphatic carbocycles. The van der Waals surface area contributed by atoms with Gasteiger partial charge in [-0.05, 0) is 54.6 Å². The fourth-order valence-corrected chi connectivity index (χ4v) is 3.50. The molecule has 2 amide bonds. The number of rotatable bonds is 5. The molecule has 1 atom stereocenters. The highest BCUT2D eigenvalue weighted by atomic mass is 32.1. The molecular weight excluding hydrogens is 320 g/mol. The van der Waals surface area contributed by atoms with E-state index in [1.54, 1.807) is 17.5 Å². The van der Waals surface area contributed by atoms with Crippen LogP contribution in [0, 0.1) is 13.8 Å². The predicted molar refractivity (Wildman–Crippen MR) is 97.6 cm³/mol. The van der Waals surface area contributed by atoms with Crippen molar-refractivity contribution in [3.05, 3.63) is 70.2 Å². The van der Waals surface area contributed by atoms with Gasteiger partial charge in [-0.25, -0.2) is 4.79 Å². The maximum Gasteiger partial charge on any atom is 0.319 e. The van der Waals surface area contributed by atoms with E-state index < -0.39 is 0 Å². The minimum absolute atomic E-state index is 0.00926. The molecule has 5 nitrogen and oxygen atoms in total. The number of amides is 2. The predicted octanol–water partition coefficient (Wildman–Crippen LogP) is 3.97. The molecular formula is C18H20N4OS. The number of anilines is 1. The van der Waals surface area contributed by atoms with Gasteiger partial charge >= 0.3 is 6.03 Å². The molecule has 1 unspecified atom stereocenters. The maximum atomic E-state index is 12.2. The van der Waals surface area contributed by atoms with Crippen LogP contribution < -0.4 is 10.6 Å². The third kappa shape index (κ3) is 4.02. The summed E-state index contributed by atoms with van der Waals surface area (Å²) in [6.07, 6.45) is 3.66. The standard InChI is InChI=1S/C18H20N4OS/c1-13-9-14(2)11-15(10-13)21-18(23)19-12-16(17-5-3-8-24-17)22-7-4-6-20-22/h3-11,16H,12H2,1-2H3,(H2,19,21,23). The number of carbonyl (C=O) groups excluding carboxylic acids is 1. The highest BCUT2D eigenvalue weighted by molar-refractivity contribution is 7.10. The Hall–Kier alpha value is -2.60. The molecule has 0 radical (unpaired) electrons. The highest BCUT2D eigenvalue weighted by Crippen LogP contribution is 2.22. The molecule has 0 saturated carbocycles. The van der Waals surface area contributed by atoms with Crippen LogP contribution in [0.5, 0.6) is 0 Å². The third-order valence-electron chi connectivity index (χ3n) is 3.65. The highest BCUT2D eigenvalue weighted by Gasteiger charge is 2.16. The van der Waals surface area contributed by atoms with Crippen LogP contribution in [0.4, 0.5) is 10.5 Å². The van der Waals surface area contributed by atoms with Gasteiger partial charge in [-0.15, -0.1) is 11.3 Å². The quantitative estimate of drug-likeness (QED) is 0.738. The molecule has 124 valence electrons. The van der Waals surface area contributed by atoms with Gasteiger partial charge < -0.3 is 10.6 Å². The topological polar surface area (TPSA) is 59.0 Å². The Labute approximate surface area is 145 Å². The number of aryl methyl sites for hydroxylation is 2. The molecule has 0 bridgehead atoms. The zero-order valence-corrected chi connectivity index (χ0v) is 14.5. The molecule has 3 aromatic rings. The van der Waals surface area contributed by atoms with Crippen molar-refractivity contribution >= 4 is 23.1 Å². The van der Waals surface area contributed by atoms with Crippen molar-refractivity contribution in [1.29, 1.82) is 0 Å². The van der Waals surface area contributed by atoms with Crippen molar-refractivity contribution in [1.82, 2.24) is 15.1 Å². The van der Waals surface area contributed by atoms with Gasteiger partial charge in [0.25, 0.3) is 0 Å². The Morgan fingerprint density at radius 2 is 2.04 bits per heavy atom. The second-order valence-electron chi connectivity index (χ2n) is 5.73. The zero-order chi connectivity index (χ0) is 16.9. The fourth-order valence-electron chi connectivity index (χ4n) is 2.68. The van der Waals surface area contributed by atoms with Gasteiger partial charge in [0.1, 0.15) is 6.04 Å². The van der Waals surface area contributed by atoms with Gasteiger partial charge in [0.05, 0.1) is 0 Å². The Morgan fingerprint density at radius 1 is 1.25 bits per heavy atom. The number of carbonyl (C=O) groups is 1. The number of thiophene rings is 1. The summed E-state index contributed by atoms with van der Waals surface area (Å²) in [6.45, 7) is 4.50. The van der Waals surface area contributed by atoms with Gasteiger partial charge in [-0.3, -0.25) is 4.68 Å². The molecule has 1 aromatic carbocycles. The molecule has 2 heterocycles. The van der Waals surface area contributed by atoms with Crippen LogP contribution in [0.1, 0.15) is 22.0 Å². The summed E-state index contributed by atoms with van der Waals surface area (Å²) in [4.78, 5) is 13.4. The molecule has 2 aromatic heterocycles. The SMILES string of the molecule is Cc1cc(C)cc(NC(=O)NCC(c2cccs2)n2cccn2)c1. The van der Waals surface area contributed by atoms with Crippen LogP contribution >= 0.6 is 11.3 Å². The summed E-state index contributed by atoms with van der Waals surface area (Å²) < 4.78 is 1.86. The van der Waals surface area contributed by atoms with Crippen molar-refractivity contribution in [2.45, 2.75) is 19.9 Å². The van der Waals surface area contributed by atoms with Gasteiger partial charge in [0, 0.05) is 29.5 Å². The number of nitrogens with zero attached hydrogens (tertiary/aromatic N) is 2. The monoisotopic (exact) mass is 340 g/mol. The summed E-state index contributed by atoms with van der Waals surface area (Å²) >= 11 is 1.66. The summed E-state index contributed by atoms with van der Waals surface area (Å²) in [5, 5.41) is 12.2. The lowest BCUT2D eigenvalue weighted by molar-refractivity contribution is 0.250. The van der Waals surface area contributed by atoms with E-state index in [2.05, 4.69) is 27.9 Å². The van der Waals surface area contributed by atoms with E-state index in [0.29, 0.717) is 6.54 Å². The lowest BCUT2D eigenvalue weighted by Crippen LogP contribution is -2.34. The molecule has 0 fully saturated rings. The average molecular weight is 340 g/mol. The minimum atomic E-state index is -0.214. The zero-order valence-electron chi connectivity index (χ0n) is 13.7. The summed E-state index contributed by atoms with van der Waals surface area (Å²) in [5.74, 6) is 0. The summed E-state index contributed by atoms with van der Waals surface area (Å²) in [7, 11) is 0. The van der Waals surface area contributed by atoms with Crippen molar-refractivity contribution in [3.63, 3.8) is 0 Å². The lowest BCUT2D eigenvalue weighted by Gasteiger charge is -2.17. The molecule has 2 N–H and O–H groups in total. The number of urea groups is 1. The molecule has 0 aliphatic rings. The van der Waals surface area contributed by atoms with Crippen molar-refractivity contribution < 1.29 is 4.79 Å². The van der Waals surface area contributed by atoms with Gasteiger partial charge in [0.15, 0.2) is 0 Å². The second kappa shape index (κ2) is 7.31. The third-order valence-corrected chi connectivity index (χ3v) is 4.62. The first-order valence-corrected chi connectivity index (χ1v) is 8.65. The fraction of sp³-hybridized carbons (Fsp3) is 0.222. The Morgan fingerprint density at radius 3 is 2.67 bits per heavy atom. The first-order chi connectivity index (χ1) is 11.6. The van der Waals surface area contributed by atoms with Crippen LogP contribution in [-0.2, 0) is 0 Å². The molecule has 24 heavy (non-hydrogen) atoms. The maximum absolute atomic E-state index is 12.2. The lowest BCUT2D eigenvalue weighted by atomic mass is 10.1. The molecule has 3 rings (SSSR count). The number of hydrogen-bond acceptors (Lipinski definition) is 3. The van der Waals surface area contributed by atoms with Gasteiger partial charge in [0.2, 0.25) is 0 Å². The number of hydrogen-bond donors (Lipinski definition) is 2. The van der Waals surface area contributed by atoms with Crippen LogP contribution in [0.25, 0.3) is 0 Å². The largest absolute Gasteiger partial charge is 0.335 e. The van der Waals surface area contributed by atoms with Crippen molar-refractivity contribution in [2.24, 2.45) is 0 Å². The first kappa shape index (κ1) is 16.3. The minimum Gasteiger partial charge on any atom is -0.335 e. The normalized spacial score (nSPS) is 11.9. The van der Waals surface area contributed by atoms with E-state index in [9.17, 15) is 4.79 Å². The molecule has 0 spiro atoms. The summed E-state index contributed by atoms with van der Waals surface area (Å²) in [6, 6.07) is 11.7. The molecule has 0 aliphatic heterocycles. The van der Waals surface area contributed by atoms with E-state index in [1.165, 1.54) is 0 Å². The van der Waals surface area contributed by atoms with E-state index in [-0.39, 0.29) is 12.1 Å². The van der Waals surface area contributed by atoms with E-state index in [0.717, 1.165) is 21.7 Å². The van der Waals surface area contributed by atoms with Crippen molar-refractivity contribution in [3.8, 4) is 0 Å². The Kier molecular flexibility index (Phi) is 4.96. The number of aromatic nitrogens is 2. The number of benzene rings is 1. The second-order valence-corrected chi connectivity index (χ2v) is 6.71. The van der Waals surface area contributed by atoms with Gasteiger partial charge in [-0.1, -0.05) is 12.1 Å². The smallest absolute Gasteiger partial charge is 0.319 e. The van der Waals surface area contributed by atoms with Gasteiger partial charge in [-0.2, -0.15) is 5.10 Å². The van der Waals surface area contributed by atoms with E-state index >= 15 is 0 Å². The van der Waals surface area contributed by atoms with E-state index in [4.69, 9.17) is 0 Å². The molecule has 0 saturated heterocycles. The molecule has 6 heteroatoms. The van der Waals surface area contributed by atoms with Crippen LogP contribution in [0.2, 0.25) is 0 Å². The van der Waals surface area contributed by atoms with Crippen molar-refractivity contribution in [2.75, 3.05) is 11.9 Å².